The van der Waals surface area contributed by atoms with Crippen molar-refractivity contribution in [2.45, 2.75) is 72.1 Å². The summed E-state index contributed by atoms with van der Waals surface area (Å²) in [6.07, 6.45) is 5.50. The van der Waals surface area contributed by atoms with Crippen molar-refractivity contribution in [1.82, 2.24) is 10.3 Å². The molecular formula is C17H33N3O2S. The summed E-state index contributed by atoms with van der Waals surface area (Å²) < 4.78 is 5.60. The summed E-state index contributed by atoms with van der Waals surface area (Å²) in [6.45, 7) is 12.0. The highest BCUT2D eigenvalue weighted by molar-refractivity contribution is 7.17. The standard InChI is InChI=1S/C17H33N3O2S/c1-13(2)8-6-7-10-18-15-12-19-16(23-15)22-11-9-14(21)20-17(3,4)5/h12-14,18,20-21H,6-11H2,1-5H3. The first-order valence-corrected chi connectivity index (χ1v) is 9.36. The van der Waals surface area contributed by atoms with Crippen LogP contribution in [-0.2, 0) is 0 Å². The number of nitrogens with zero attached hydrogens (tertiary/aromatic N) is 1. The van der Waals surface area contributed by atoms with Gasteiger partial charge in [0.05, 0.1) is 12.8 Å². The number of thiazole rings is 1. The second-order valence-electron chi connectivity index (χ2n) is 7.35. The predicted molar refractivity (Wildman–Crippen MR) is 98.3 cm³/mol. The number of ether oxygens (including phenoxy) is 1. The Hall–Kier alpha value is -0.850. The summed E-state index contributed by atoms with van der Waals surface area (Å²) in [5, 5.41) is 18.0. The van der Waals surface area contributed by atoms with Gasteiger partial charge in [-0.05, 0) is 33.1 Å². The van der Waals surface area contributed by atoms with Crippen LogP contribution in [0.4, 0.5) is 5.00 Å². The number of aliphatic hydroxyl groups is 1. The molecule has 0 fully saturated rings. The van der Waals surface area contributed by atoms with Crippen molar-refractivity contribution in [3.8, 4) is 5.19 Å². The molecule has 0 bridgehead atoms. The van der Waals surface area contributed by atoms with E-state index in [4.69, 9.17) is 4.74 Å². The van der Waals surface area contributed by atoms with E-state index in [1.807, 2.05) is 27.0 Å². The number of unbranched alkanes of at least 4 members (excludes halogenated alkanes) is 1. The van der Waals surface area contributed by atoms with Crippen LogP contribution in [0, 0.1) is 5.92 Å². The van der Waals surface area contributed by atoms with E-state index >= 15 is 0 Å². The third-order valence-corrected chi connectivity index (χ3v) is 4.08. The summed E-state index contributed by atoms with van der Waals surface area (Å²) in [6, 6.07) is 0. The maximum atomic E-state index is 9.85. The molecule has 1 aromatic heterocycles. The molecule has 1 aromatic rings. The molecule has 1 rings (SSSR count). The van der Waals surface area contributed by atoms with Gasteiger partial charge in [-0.25, -0.2) is 4.98 Å². The van der Waals surface area contributed by atoms with Gasteiger partial charge in [0, 0.05) is 18.5 Å². The van der Waals surface area contributed by atoms with E-state index in [1.165, 1.54) is 30.6 Å². The molecule has 5 nitrogen and oxygen atoms in total. The monoisotopic (exact) mass is 343 g/mol. The van der Waals surface area contributed by atoms with E-state index in [1.54, 1.807) is 0 Å². The van der Waals surface area contributed by atoms with Crippen LogP contribution in [0.5, 0.6) is 5.19 Å². The number of nitrogens with one attached hydrogen (secondary N) is 2. The largest absolute Gasteiger partial charge is 0.470 e. The molecule has 3 N–H and O–H groups in total. The number of aliphatic hydroxyl groups excluding tert-OH is 1. The molecule has 0 aliphatic carbocycles. The zero-order chi connectivity index (χ0) is 17.3. The molecule has 0 aromatic carbocycles. The van der Waals surface area contributed by atoms with E-state index in [0.717, 1.165) is 17.5 Å². The lowest BCUT2D eigenvalue weighted by Gasteiger charge is -2.24. The number of hydrogen-bond donors (Lipinski definition) is 3. The summed E-state index contributed by atoms with van der Waals surface area (Å²) in [7, 11) is 0. The van der Waals surface area contributed by atoms with Crippen molar-refractivity contribution in [3.05, 3.63) is 6.20 Å². The molecule has 0 aliphatic rings. The number of rotatable bonds is 11. The average molecular weight is 344 g/mol. The fraction of sp³-hybridized carbons (Fsp3) is 0.824. The van der Waals surface area contributed by atoms with Gasteiger partial charge in [0.1, 0.15) is 11.2 Å². The van der Waals surface area contributed by atoms with Crippen LogP contribution in [0.25, 0.3) is 0 Å². The fourth-order valence-corrected chi connectivity index (χ4v) is 2.84. The zero-order valence-electron chi connectivity index (χ0n) is 15.2. The van der Waals surface area contributed by atoms with E-state index in [2.05, 4.69) is 29.5 Å². The Morgan fingerprint density at radius 1 is 1.26 bits per heavy atom. The first-order chi connectivity index (χ1) is 10.8. The lowest BCUT2D eigenvalue weighted by molar-refractivity contribution is 0.0822. The molecule has 23 heavy (non-hydrogen) atoms. The number of anilines is 1. The molecule has 6 heteroatoms. The van der Waals surface area contributed by atoms with Crippen molar-refractivity contribution in [2.75, 3.05) is 18.5 Å². The third kappa shape index (κ3) is 10.5. The Morgan fingerprint density at radius 2 is 2.00 bits per heavy atom. The van der Waals surface area contributed by atoms with Gasteiger partial charge >= 0.3 is 0 Å². The van der Waals surface area contributed by atoms with Gasteiger partial charge in [-0.2, -0.15) is 0 Å². The topological polar surface area (TPSA) is 66.4 Å². The first-order valence-electron chi connectivity index (χ1n) is 8.54. The number of hydrogen-bond acceptors (Lipinski definition) is 6. The van der Waals surface area contributed by atoms with Crippen LogP contribution < -0.4 is 15.4 Å². The Labute approximate surface area is 144 Å². The van der Waals surface area contributed by atoms with Gasteiger partial charge in [-0.1, -0.05) is 38.0 Å². The highest BCUT2D eigenvalue weighted by Gasteiger charge is 2.14. The Balaban J connectivity index is 2.16. The lowest BCUT2D eigenvalue weighted by Crippen LogP contribution is -2.44. The van der Waals surface area contributed by atoms with E-state index in [9.17, 15) is 5.11 Å². The lowest BCUT2D eigenvalue weighted by atomic mass is 10.1. The van der Waals surface area contributed by atoms with E-state index in [0.29, 0.717) is 18.2 Å². The molecule has 0 saturated carbocycles. The maximum Gasteiger partial charge on any atom is 0.275 e. The van der Waals surface area contributed by atoms with Crippen molar-refractivity contribution >= 4 is 16.3 Å². The molecule has 0 amide bonds. The minimum atomic E-state index is -0.562. The summed E-state index contributed by atoms with van der Waals surface area (Å²) in [5.74, 6) is 0.779. The Bertz CT molecular complexity index is 430. The van der Waals surface area contributed by atoms with Gasteiger partial charge < -0.3 is 15.2 Å². The zero-order valence-corrected chi connectivity index (χ0v) is 16.0. The highest BCUT2D eigenvalue weighted by atomic mass is 32.1. The van der Waals surface area contributed by atoms with Crippen molar-refractivity contribution < 1.29 is 9.84 Å². The van der Waals surface area contributed by atoms with Crippen molar-refractivity contribution in [2.24, 2.45) is 5.92 Å². The van der Waals surface area contributed by atoms with Crippen LogP contribution in [-0.4, -0.2) is 35.0 Å². The summed E-state index contributed by atoms with van der Waals surface area (Å²) in [4.78, 5) is 4.25. The molecule has 1 atom stereocenters. The van der Waals surface area contributed by atoms with Crippen molar-refractivity contribution in [1.29, 1.82) is 0 Å². The molecule has 0 saturated heterocycles. The Morgan fingerprint density at radius 3 is 2.65 bits per heavy atom. The van der Waals surface area contributed by atoms with Crippen LogP contribution in [0.1, 0.15) is 60.3 Å². The van der Waals surface area contributed by atoms with Crippen LogP contribution in [0.3, 0.4) is 0 Å². The van der Waals surface area contributed by atoms with Gasteiger partial charge in [0.15, 0.2) is 0 Å². The Kier molecular flexibility index (Phi) is 8.87. The summed E-state index contributed by atoms with van der Waals surface area (Å²) >= 11 is 1.52. The summed E-state index contributed by atoms with van der Waals surface area (Å²) in [5.41, 5.74) is -0.104. The predicted octanol–water partition coefficient (Wildman–Crippen LogP) is 3.86. The van der Waals surface area contributed by atoms with Gasteiger partial charge in [-0.15, -0.1) is 0 Å². The molecule has 134 valence electrons. The van der Waals surface area contributed by atoms with Gasteiger partial charge in [-0.3, -0.25) is 5.32 Å². The minimum Gasteiger partial charge on any atom is -0.470 e. The molecule has 1 heterocycles. The molecular weight excluding hydrogens is 310 g/mol. The van der Waals surface area contributed by atoms with Crippen LogP contribution in [0.15, 0.2) is 6.20 Å². The van der Waals surface area contributed by atoms with Crippen LogP contribution in [0.2, 0.25) is 0 Å². The highest BCUT2D eigenvalue weighted by Crippen LogP contribution is 2.25. The van der Waals surface area contributed by atoms with Crippen molar-refractivity contribution in [3.63, 3.8) is 0 Å². The van der Waals surface area contributed by atoms with E-state index in [-0.39, 0.29) is 5.54 Å². The average Bonchev–Trinajstić information content (AvgIpc) is 2.83. The SMILES string of the molecule is CC(C)CCCCNc1cnc(OCCC(O)NC(C)(C)C)s1. The second kappa shape index (κ2) is 10.1. The first kappa shape index (κ1) is 20.2. The fourth-order valence-electron chi connectivity index (χ4n) is 2.13. The van der Waals surface area contributed by atoms with E-state index < -0.39 is 6.23 Å². The van der Waals surface area contributed by atoms with Gasteiger partial charge in [0.2, 0.25) is 0 Å². The molecule has 0 radical (unpaired) electrons. The smallest absolute Gasteiger partial charge is 0.275 e. The molecule has 0 aliphatic heterocycles. The minimum absolute atomic E-state index is 0.104. The third-order valence-electron chi connectivity index (χ3n) is 3.21. The molecule has 0 spiro atoms. The molecule has 1 unspecified atom stereocenters. The van der Waals surface area contributed by atoms with Gasteiger partial charge in [0.25, 0.3) is 5.19 Å². The maximum absolute atomic E-state index is 9.85. The second-order valence-corrected chi connectivity index (χ2v) is 8.35. The normalized spacial score (nSPS) is 13.3. The number of aromatic nitrogens is 1. The van der Waals surface area contributed by atoms with Crippen LogP contribution >= 0.6 is 11.3 Å². The quantitative estimate of drug-likeness (QED) is 0.420.